The van der Waals surface area contributed by atoms with Crippen molar-refractivity contribution in [2.75, 3.05) is 57.3 Å². The third-order valence-corrected chi connectivity index (χ3v) is 8.32. The van der Waals surface area contributed by atoms with Gasteiger partial charge in [0.15, 0.2) is 0 Å². The van der Waals surface area contributed by atoms with E-state index >= 15 is 0 Å². The molecule has 3 aliphatic rings. The predicted molar refractivity (Wildman–Crippen MR) is 132 cm³/mol. The molecule has 3 aliphatic heterocycles. The minimum Gasteiger partial charge on any atom is -0.426 e. The number of halogens is 9. The van der Waals surface area contributed by atoms with E-state index in [1.165, 1.54) is 6.07 Å². The van der Waals surface area contributed by atoms with Crippen molar-refractivity contribution in [3.05, 3.63) is 29.3 Å². The van der Waals surface area contributed by atoms with E-state index in [0.29, 0.717) is 43.7 Å². The van der Waals surface area contributed by atoms with Crippen LogP contribution in [-0.4, -0.2) is 103 Å². The van der Waals surface area contributed by atoms with Gasteiger partial charge in [-0.25, -0.2) is 4.79 Å². The van der Waals surface area contributed by atoms with Crippen LogP contribution in [0.2, 0.25) is 0 Å². The minimum absolute atomic E-state index is 0.0576. The molecule has 0 aromatic heterocycles. The number of benzene rings is 1. The van der Waals surface area contributed by atoms with E-state index in [-0.39, 0.29) is 38.3 Å². The molecule has 3 fully saturated rings. The molecule has 0 aliphatic carbocycles. The molecule has 0 saturated carbocycles. The summed E-state index contributed by atoms with van der Waals surface area (Å²) in [7, 11) is 0. The number of carbonyl (C=O) groups excluding carboxylic acids is 2. The summed E-state index contributed by atoms with van der Waals surface area (Å²) >= 11 is 0. The Morgan fingerprint density at radius 3 is 2.05 bits per heavy atom. The lowest BCUT2D eigenvalue weighted by atomic mass is 9.84. The molecule has 7 nitrogen and oxygen atoms in total. The van der Waals surface area contributed by atoms with Gasteiger partial charge in [0.05, 0.1) is 12.1 Å². The number of hydrogen-bond donors (Lipinski definition) is 0. The van der Waals surface area contributed by atoms with E-state index < -0.39 is 36.3 Å². The molecule has 1 aromatic rings. The zero-order chi connectivity index (χ0) is 30.9. The second-order valence-corrected chi connectivity index (χ2v) is 10.9. The number of likely N-dealkylation sites (tertiary alicyclic amines) is 1. The van der Waals surface area contributed by atoms with Crippen LogP contribution in [0.25, 0.3) is 0 Å². The van der Waals surface area contributed by atoms with Gasteiger partial charge in [0.2, 0.25) is 0 Å². The number of alkyl halides is 9. The summed E-state index contributed by atoms with van der Waals surface area (Å²) in [5, 5.41) is 0. The lowest BCUT2D eigenvalue weighted by Gasteiger charge is -2.46. The van der Waals surface area contributed by atoms with Crippen LogP contribution < -0.4 is 4.90 Å². The highest BCUT2D eigenvalue weighted by Gasteiger charge is 2.60. The van der Waals surface area contributed by atoms with E-state index in [1.807, 2.05) is 4.90 Å². The van der Waals surface area contributed by atoms with E-state index in [4.69, 9.17) is 0 Å². The average Bonchev–Trinajstić information content (AvgIpc) is 3.28. The Balaban J connectivity index is 1.43. The number of hydrogen-bond acceptors (Lipinski definition) is 6. The number of piperazine rings is 1. The molecule has 0 atom stereocenters. The summed E-state index contributed by atoms with van der Waals surface area (Å²) in [6.07, 6.45) is -18.2. The van der Waals surface area contributed by atoms with Crippen molar-refractivity contribution in [3.63, 3.8) is 0 Å². The van der Waals surface area contributed by atoms with Crippen LogP contribution in [0.3, 0.4) is 0 Å². The van der Waals surface area contributed by atoms with Crippen LogP contribution >= 0.6 is 0 Å². The highest BCUT2D eigenvalue weighted by molar-refractivity contribution is 5.68. The molecule has 0 N–H and O–H groups in total. The van der Waals surface area contributed by atoms with E-state index in [9.17, 15) is 49.1 Å². The summed E-state index contributed by atoms with van der Waals surface area (Å²) in [5.41, 5.74) is -0.0251. The number of amides is 1. The summed E-state index contributed by atoms with van der Waals surface area (Å²) < 4.78 is 121. The molecule has 1 aromatic carbocycles. The molecule has 4 rings (SSSR count). The van der Waals surface area contributed by atoms with Crippen molar-refractivity contribution < 1.29 is 53.8 Å². The van der Waals surface area contributed by atoms with Crippen molar-refractivity contribution in [3.8, 4) is 0 Å². The lowest BCUT2D eigenvalue weighted by Crippen LogP contribution is -2.53. The smallest absolute Gasteiger partial charge is 0.426 e. The predicted octanol–water partition coefficient (Wildman–Crippen LogP) is 5.09. The van der Waals surface area contributed by atoms with Crippen LogP contribution in [-0.2, 0) is 22.3 Å². The summed E-state index contributed by atoms with van der Waals surface area (Å²) in [6, 6.07) is 3.43. The topological polar surface area (TPSA) is 56.3 Å². The zero-order valence-corrected chi connectivity index (χ0v) is 22.5. The standard InChI is InChI=1S/C26H31F9N4O3/c27-24(28,29)19-3-2-18(20(16-19)37-8-5-23(6-9-37)4-1-7-39(23)14-15-40)17-36-10-12-38(13-11-36)22(41)42-21(25(30,31)32)26(33,34)35/h2-3,15-16,21H,1,4-14,17H2. The lowest BCUT2D eigenvalue weighted by molar-refractivity contribution is -0.308. The maximum Gasteiger partial charge on any atom is 0.434 e. The fourth-order valence-corrected chi connectivity index (χ4v) is 6.09. The van der Waals surface area contributed by atoms with Crippen molar-refractivity contribution in [1.29, 1.82) is 0 Å². The third-order valence-electron chi connectivity index (χ3n) is 8.32. The molecule has 236 valence electrons. The number of anilines is 1. The first-order valence-electron chi connectivity index (χ1n) is 13.5. The highest BCUT2D eigenvalue weighted by Crippen LogP contribution is 2.41. The Kier molecular flexibility index (Phi) is 9.26. The quantitative estimate of drug-likeness (QED) is 0.328. The van der Waals surface area contributed by atoms with Gasteiger partial charge < -0.3 is 19.3 Å². The largest absolute Gasteiger partial charge is 0.434 e. The zero-order valence-electron chi connectivity index (χ0n) is 22.5. The fourth-order valence-electron chi connectivity index (χ4n) is 6.09. The Labute approximate surface area is 236 Å². The van der Waals surface area contributed by atoms with Crippen LogP contribution in [0.15, 0.2) is 18.2 Å². The third kappa shape index (κ3) is 7.24. The van der Waals surface area contributed by atoms with Gasteiger partial charge in [0.1, 0.15) is 6.29 Å². The van der Waals surface area contributed by atoms with Gasteiger partial charge in [-0.1, -0.05) is 6.07 Å². The van der Waals surface area contributed by atoms with Gasteiger partial charge in [-0.3, -0.25) is 9.80 Å². The van der Waals surface area contributed by atoms with Crippen LogP contribution in [0.4, 0.5) is 50.0 Å². The normalized spacial score (nSPS) is 20.9. The summed E-state index contributed by atoms with van der Waals surface area (Å²) in [5.74, 6) is 0. The molecule has 3 saturated heterocycles. The molecule has 0 unspecified atom stereocenters. The highest BCUT2D eigenvalue weighted by atomic mass is 19.4. The van der Waals surface area contributed by atoms with Crippen molar-refractivity contribution in [1.82, 2.24) is 14.7 Å². The van der Waals surface area contributed by atoms with Gasteiger partial charge in [-0.15, -0.1) is 0 Å². The first-order valence-corrected chi connectivity index (χ1v) is 13.5. The Hall–Kier alpha value is -2.75. The number of ether oxygens (including phenoxy) is 1. The molecule has 0 bridgehead atoms. The Bertz CT molecular complexity index is 1100. The van der Waals surface area contributed by atoms with E-state index in [1.54, 1.807) is 4.90 Å². The number of nitrogens with zero attached hydrogens (tertiary/aromatic N) is 4. The van der Waals surface area contributed by atoms with E-state index in [2.05, 4.69) is 9.64 Å². The first kappa shape index (κ1) is 32.2. The number of aldehydes is 1. The van der Waals surface area contributed by atoms with Gasteiger partial charge >= 0.3 is 24.6 Å². The Morgan fingerprint density at radius 2 is 1.50 bits per heavy atom. The van der Waals surface area contributed by atoms with Gasteiger partial charge in [0.25, 0.3) is 6.10 Å². The van der Waals surface area contributed by atoms with Crippen molar-refractivity contribution in [2.45, 2.75) is 62.4 Å². The van der Waals surface area contributed by atoms with Crippen LogP contribution in [0.5, 0.6) is 0 Å². The number of rotatable bonds is 6. The average molecular weight is 619 g/mol. The molecule has 16 heteroatoms. The van der Waals surface area contributed by atoms with Crippen LogP contribution in [0, 0.1) is 0 Å². The Morgan fingerprint density at radius 1 is 0.881 bits per heavy atom. The number of carbonyl (C=O) groups is 2. The summed E-state index contributed by atoms with van der Waals surface area (Å²) in [4.78, 5) is 29.7. The van der Waals surface area contributed by atoms with Crippen molar-refractivity contribution >= 4 is 18.1 Å². The van der Waals surface area contributed by atoms with E-state index in [0.717, 1.165) is 42.7 Å². The van der Waals surface area contributed by atoms with Gasteiger partial charge in [0, 0.05) is 57.0 Å². The molecule has 1 amide bonds. The van der Waals surface area contributed by atoms with Gasteiger partial charge in [-0.05, 0) is 49.9 Å². The second kappa shape index (κ2) is 12.1. The van der Waals surface area contributed by atoms with Gasteiger partial charge in [-0.2, -0.15) is 39.5 Å². The maximum atomic E-state index is 13.6. The summed E-state index contributed by atoms with van der Waals surface area (Å²) in [6.45, 7) is 1.87. The second-order valence-electron chi connectivity index (χ2n) is 10.9. The van der Waals surface area contributed by atoms with Crippen molar-refractivity contribution in [2.24, 2.45) is 0 Å². The monoisotopic (exact) mass is 618 g/mol. The molecular formula is C26H31F9N4O3. The van der Waals surface area contributed by atoms with Crippen LogP contribution in [0.1, 0.15) is 36.8 Å². The molecule has 42 heavy (non-hydrogen) atoms. The molecule has 3 heterocycles. The SMILES string of the molecule is O=CCN1CCCC12CCN(c1cc(C(F)(F)F)ccc1CN1CCN(C(=O)OC(C(F)(F)F)C(F)(F)F)CC1)CC2. The minimum atomic E-state index is -5.83. The first-order chi connectivity index (χ1) is 19.5. The number of piperidine rings is 1. The molecule has 0 radical (unpaired) electrons. The molecular weight excluding hydrogens is 587 g/mol. The molecule has 1 spiro atoms. The maximum absolute atomic E-state index is 13.6. The fraction of sp³-hybridized carbons (Fsp3) is 0.692.